The van der Waals surface area contributed by atoms with Gasteiger partial charge in [0.2, 0.25) is 0 Å². The Hall–Kier alpha value is -1.47. The minimum absolute atomic E-state index is 0.172. The first kappa shape index (κ1) is 14.6. The predicted octanol–water partition coefficient (Wildman–Crippen LogP) is 1.42. The predicted molar refractivity (Wildman–Crippen MR) is 64.9 cm³/mol. The summed E-state index contributed by atoms with van der Waals surface area (Å²) >= 11 is 3.05. The molecule has 0 saturated carbocycles. The van der Waals surface area contributed by atoms with E-state index in [1.54, 1.807) is 0 Å². The van der Waals surface area contributed by atoms with Crippen molar-refractivity contribution in [2.45, 2.75) is 6.10 Å². The lowest BCUT2D eigenvalue weighted by Gasteiger charge is -2.12. The zero-order valence-electron chi connectivity index (χ0n) is 9.44. The third kappa shape index (κ3) is 3.78. The highest BCUT2D eigenvalue weighted by Crippen LogP contribution is 2.17. The summed E-state index contributed by atoms with van der Waals surface area (Å²) in [5.74, 6) is -2.15. The van der Waals surface area contributed by atoms with Gasteiger partial charge in [0, 0.05) is 11.6 Å². The van der Waals surface area contributed by atoms with Crippen LogP contribution in [0.4, 0.5) is 4.39 Å². The molecular formula is C11H11BrFNO4. The SMILES string of the molecule is COC(CNC(=O)c1ccc(F)cc1Br)C(=O)O. The molecule has 0 heterocycles. The van der Waals surface area contributed by atoms with Gasteiger partial charge in [0.1, 0.15) is 5.82 Å². The van der Waals surface area contributed by atoms with Gasteiger partial charge in [0.05, 0.1) is 12.1 Å². The molecule has 98 valence electrons. The van der Waals surface area contributed by atoms with E-state index in [1.165, 1.54) is 13.2 Å². The molecule has 0 saturated heterocycles. The standard InChI is InChI=1S/C11H11BrFNO4/c1-18-9(11(16)17)5-14-10(15)7-3-2-6(13)4-8(7)12/h2-4,9H,5H2,1H3,(H,14,15)(H,16,17). The summed E-state index contributed by atoms with van der Waals surface area (Å²) in [7, 11) is 1.23. The van der Waals surface area contributed by atoms with Crippen LogP contribution in [0.15, 0.2) is 22.7 Å². The Kier molecular flexibility index (Phi) is 5.24. The molecule has 5 nitrogen and oxygen atoms in total. The van der Waals surface area contributed by atoms with Crippen molar-refractivity contribution in [3.8, 4) is 0 Å². The van der Waals surface area contributed by atoms with E-state index in [1.807, 2.05) is 0 Å². The number of hydrogen-bond donors (Lipinski definition) is 2. The van der Waals surface area contributed by atoms with Crippen molar-refractivity contribution in [1.29, 1.82) is 0 Å². The molecule has 0 radical (unpaired) electrons. The Balaban J connectivity index is 2.68. The number of benzene rings is 1. The number of carbonyl (C=O) groups excluding carboxylic acids is 1. The number of carboxylic acid groups (broad SMARTS) is 1. The first-order valence-electron chi connectivity index (χ1n) is 4.94. The average molecular weight is 320 g/mol. The molecule has 1 aromatic rings. The zero-order chi connectivity index (χ0) is 13.7. The van der Waals surface area contributed by atoms with Crippen molar-refractivity contribution in [2.24, 2.45) is 0 Å². The molecule has 1 amide bonds. The molecule has 2 N–H and O–H groups in total. The summed E-state index contributed by atoms with van der Waals surface area (Å²) in [6, 6.07) is 3.60. The van der Waals surface area contributed by atoms with Gasteiger partial charge in [-0.2, -0.15) is 0 Å². The number of ether oxygens (including phenoxy) is 1. The minimum Gasteiger partial charge on any atom is -0.479 e. The van der Waals surface area contributed by atoms with E-state index < -0.39 is 23.8 Å². The van der Waals surface area contributed by atoms with Crippen molar-refractivity contribution in [2.75, 3.05) is 13.7 Å². The van der Waals surface area contributed by atoms with Crippen LogP contribution in [0.2, 0.25) is 0 Å². The smallest absolute Gasteiger partial charge is 0.334 e. The molecule has 0 aromatic heterocycles. The number of amides is 1. The largest absolute Gasteiger partial charge is 0.479 e. The van der Waals surface area contributed by atoms with Crippen LogP contribution in [0.1, 0.15) is 10.4 Å². The van der Waals surface area contributed by atoms with Crippen molar-refractivity contribution in [1.82, 2.24) is 5.32 Å². The van der Waals surface area contributed by atoms with E-state index in [-0.39, 0.29) is 12.1 Å². The van der Waals surface area contributed by atoms with Gasteiger partial charge >= 0.3 is 5.97 Å². The first-order chi connectivity index (χ1) is 8.45. The highest BCUT2D eigenvalue weighted by Gasteiger charge is 2.18. The van der Waals surface area contributed by atoms with Crippen molar-refractivity contribution < 1.29 is 23.8 Å². The number of hydrogen-bond acceptors (Lipinski definition) is 3. The van der Waals surface area contributed by atoms with Gasteiger partial charge in [-0.15, -0.1) is 0 Å². The molecule has 0 bridgehead atoms. The van der Waals surface area contributed by atoms with Gasteiger partial charge in [0.25, 0.3) is 5.91 Å². The Labute approximate surface area is 111 Å². The van der Waals surface area contributed by atoms with Crippen molar-refractivity contribution >= 4 is 27.8 Å². The van der Waals surface area contributed by atoms with Crippen LogP contribution in [0.5, 0.6) is 0 Å². The Morgan fingerprint density at radius 2 is 2.22 bits per heavy atom. The quantitative estimate of drug-likeness (QED) is 0.860. The number of carbonyl (C=O) groups is 2. The van der Waals surface area contributed by atoms with Gasteiger partial charge in [-0.1, -0.05) is 0 Å². The Morgan fingerprint density at radius 1 is 1.56 bits per heavy atom. The second-order valence-electron chi connectivity index (χ2n) is 3.40. The third-order valence-electron chi connectivity index (χ3n) is 2.18. The summed E-state index contributed by atoms with van der Waals surface area (Å²) in [5, 5.41) is 11.1. The maximum Gasteiger partial charge on any atom is 0.334 e. The Bertz CT molecular complexity index is 466. The lowest BCUT2D eigenvalue weighted by Crippen LogP contribution is -2.37. The molecule has 7 heteroatoms. The molecule has 0 fully saturated rings. The number of rotatable bonds is 5. The number of carboxylic acids is 1. The third-order valence-corrected chi connectivity index (χ3v) is 2.84. The van der Waals surface area contributed by atoms with E-state index in [9.17, 15) is 14.0 Å². The van der Waals surface area contributed by atoms with Crippen LogP contribution >= 0.6 is 15.9 Å². The average Bonchev–Trinajstić information content (AvgIpc) is 2.28. The molecule has 0 aliphatic heterocycles. The zero-order valence-corrected chi connectivity index (χ0v) is 11.0. The highest BCUT2D eigenvalue weighted by atomic mass is 79.9. The van der Waals surface area contributed by atoms with E-state index in [4.69, 9.17) is 5.11 Å². The molecule has 18 heavy (non-hydrogen) atoms. The summed E-state index contributed by atoms with van der Waals surface area (Å²) in [6.07, 6.45) is -1.12. The Morgan fingerprint density at radius 3 is 2.72 bits per heavy atom. The molecular weight excluding hydrogens is 309 g/mol. The van der Waals surface area contributed by atoms with E-state index >= 15 is 0 Å². The molecule has 0 spiro atoms. The fourth-order valence-electron chi connectivity index (χ4n) is 1.23. The number of nitrogens with one attached hydrogen (secondary N) is 1. The fourth-order valence-corrected chi connectivity index (χ4v) is 1.76. The molecule has 0 aliphatic carbocycles. The normalized spacial score (nSPS) is 11.9. The number of aliphatic carboxylic acids is 1. The van der Waals surface area contributed by atoms with Crippen LogP contribution < -0.4 is 5.32 Å². The number of halogens is 2. The van der Waals surface area contributed by atoms with Crippen LogP contribution in [-0.4, -0.2) is 36.7 Å². The molecule has 0 aliphatic rings. The minimum atomic E-state index is -1.17. The summed E-state index contributed by atoms with van der Waals surface area (Å²) < 4.78 is 17.8. The topological polar surface area (TPSA) is 75.6 Å². The fraction of sp³-hybridized carbons (Fsp3) is 0.273. The summed E-state index contributed by atoms with van der Waals surface area (Å²) in [6.45, 7) is -0.172. The van der Waals surface area contributed by atoms with E-state index in [0.29, 0.717) is 4.47 Å². The molecule has 1 rings (SSSR count). The summed E-state index contributed by atoms with van der Waals surface area (Å²) in [4.78, 5) is 22.4. The van der Waals surface area contributed by atoms with E-state index in [0.717, 1.165) is 12.1 Å². The highest BCUT2D eigenvalue weighted by molar-refractivity contribution is 9.10. The van der Waals surface area contributed by atoms with Gasteiger partial charge in [-0.25, -0.2) is 9.18 Å². The van der Waals surface area contributed by atoms with Gasteiger partial charge < -0.3 is 15.2 Å². The van der Waals surface area contributed by atoms with E-state index in [2.05, 4.69) is 26.0 Å². The maximum atomic E-state index is 12.8. The van der Waals surface area contributed by atoms with Crippen molar-refractivity contribution in [3.63, 3.8) is 0 Å². The van der Waals surface area contributed by atoms with Crippen LogP contribution in [0.3, 0.4) is 0 Å². The second-order valence-corrected chi connectivity index (χ2v) is 4.25. The van der Waals surface area contributed by atoms with Gasteiger partial charge in [0.15, 0.2) is 6.10 Å². The van der Waals surface area contributed by atoms with Crippen LogP contribution in [-0.2, 0) is 9.53 Å². The number of methoxy groups -OCH3 is 1. The molecule has 1 atom stereocenters. The lowest BCUT2D eigenvalue weighted by atomic mass is 10.2. The van der Waals surface area contributed by atoms with Crippen molar-refractivity contribution in [3.05, 3.63) is 34.1 Å². The van der Waals surface area contributed by atoms with Gasteiger partial charge in [-0.3, -0.25) is 4.79 Å². The monoisotopic (exact) mass is 319 g/mol. The molecule has 1 aromatic carbocycles. The van der Waals surface area contributed by atoms with Crippen LogP contribution in [0.25, 0.3) is 0 Å². The second kappa shape index (κ2) is 6.46. The maximum absolute atomic E-state index is 12.8. The van der Waals surface area contributed by atoms with Gasteiger partial charge in [-0.05, 0) is 34.1 Å². The molecule has 1 unspecified atom stereocenters. The van der Waals surface area contributed by atoms with Crippen LogP contribution in [0, 0.1) is 5.82 Å². The lowest BCUT2D eigenvalue weighted by molar-refractivity contribution is -0.148. The first-order valence-corrected chi connectivity index (χ1v) is 5.74. The summed E-state index contributed by atoms with van der Waals surface area (Å²) in [5.41, 5.74) is 0.219.